The van der Waals surface area contributed by atoms with Crippen LogP contribution in [-0.4, -0.2) is 11.9 Å². The third-order valence-electron chi connectivity index (χ3n) is 4.63. The van der Waals surface area contributed by atoms with Crippen LogP contribution in [0.1, 0.15) is 19.3 Å². The first kappa shape index (κ1) is 16.5. The predicted octanol–water partition coefficient (Wildman–Crippen LogP) is 3.29. The predicted molar refractivity (Wildman–Crippen MR) is 88.0 cm³/mol. The molecule has 2 aliphatic rings. The molecule has 1 aromatic carbocycles. The Bertz CT molecular complexity index is 623. The highest BCUT2D eigenvalue weighted by Crippen LogP contribution is 2.52. The summed E-state index contributed by atoms with van der Waals surface area (Å²) in [5.74, 6) is -1.31. The lowest BCUT2D eigenvalue weighted by Gasteiger charge is -2.27. The van der Waals surface area contributed by atoms with Gasteiger partial charge in [-0.1, -0.05) is 15.9 Å². The van der Waals surface area contributed by atoms with E-state index in [1.165, 1.54) is 0 Å². The maximum Gasteiger partial charge on any atom is 0.314 e. The van der Waals surface area contributed by atoms with E-state index in [0.717, 1.165) is 10.9 Å². The highest BCUT2D eigenvalue weighted by molar-refractivity contribution is 9.11. The van der Waals surface area contributed by atoms with Gasteiger partial charge in [-0.3, -0.25) is 4.79 Å². The van der Waals surface area contributed by atoms with E-state index in [1.807, 2.05) is 0 Å². The van der Waals surface area contributed by atoms with E-state index in [0.29, 0.717) is 27.5 Å². The third-order valence-corrected chi connectivity index (χ3v) is 6.26. The number of carbonyl (C=O) groups excluding carboxylic acids is 2. The maximum absolute atomic E-state index is 12.4. The van der Waals surface area contributed by atoms with Crippen LogP contribution in [0.5, 0.6) is 5.75 Å². The van der Waals surface area contributed by atoms with Crippen molar-refractivity contribution in [2.45, 2.75) is 19.3 Å². The van der Waals surface area contributed by atoms with Gasteiger partial charge in [0.1, 0.15) is 0 Å². The zero-order chi connectivity index (χ0) is 16.0. The summed E-state index contributed by atoms with van der Waals surface area (Å²) in [6.45, 7) is 0. The summed E-state index contributed by atoms with van der Waals surface area (Å²) < 4.78 is 7.77. The van der Waals surface area contributed by atoms with Gasteiger partial charge in [0.2, 0.25) is 0 Å². The first-order chi connectivity index (χ1) is 10.4. The average Bonchev–Trinajstić information content (AvgIpc) is 3.02. The van der Waals surface area contributed by atoms with Crippen molar-refractivity contribution in [1.29, 1.82) is 0 Å². The largest absolute Gasteiger partial charge is 0.550 e. The second-order valence-corrected chi connectivity index (χ2v) is 8.50. The van der Waals surface area contributed by atoms with Crippen molar-refractivity contribution >= 4 is 59.7 Å². The Labute approximate surface area is 153 Å². The van der Waals surface area contributed by atoms with Crippen molar-refractivity contribution in [2.24, 2.45) is 23.7 Å². The van der Waals surface area contributed by atoms with Crippen molar-refractivity contribution in [3.05, 3.63) is 25.6 Å². The molecule has 22 heavy (non-hydrogen) atoms. The van der Waals surface area contributed by atoms with E-state index in [9.17, 15) is 14.7 Å². The summed E-state index contributed by atoms with van der Waals surface area (Å²) in [6, 6.07) is 3.61. The number of rotatable bonds is 3. The lowest BCUT2D eigenvalue weighted by Crippen LogP contribution is -2.37. The standard InChI is InChI=1S/C15H13Br3O4/c16-8-4-11(17)13(12(18)5-8)22-15(21)10-3-6-1-7(10)2-9(6)14(19)20/h4-7,9-10H,1-3H2,(H,19,20)/p-1. The second-order valence-electron chi connectivity index (χ2n) is 5.88. The Hall–Kier alpha value is -0.400. The fraction of sp³-hybridized carbons (Fsp3) is 0.467. The molecule has 0 N–H and O–H groups in total. The molecule has 118 valence electrons. The SMILES string of the molecule is O=C([O-])C1CC2CC1CC2C(=O)Oc1c(Br)cc(Br)cc1Br. The molecule has 0 aromatic heterocycles. The van der Waals surface area contributed by atoms with Gasteiger partial charge in [0.15, 0.2) is 5.75 Å². The van der Waals surface area contributed by atoms with Crippen LogP contribution in [0.25, 0.3) is 0 Å². The zero-order valence-electron chi connectivity index (χ0n) is 11.4. The van der Waals surface area contributed by atoms with E-state index >= 15 is 0 Å². The highest BCUT2D eigenvalue weighted by Gasteiger charge is 2.49. The molecule has 0 spiro atoms. The molecule has 0 saturated heterocycles. The van der Waals surface area contributed by atoms with Gasteiger partial charge in [0, 0.05) is 16.4 Å². The molecular weight excluding hydrogens is 484 g/mol. The lowest BCUT2D eigenvalue weighted by molar-refractivity contribution is -0.313. The number of fused-ring (bicyclic) bond motifs is 2. The molecule has 2 aliphatic carbocycles. The van der Waals surface area contributed by atoms with Crippen molar-refractivity contribution in [3.63, 3.8) is 0 Å². The highest BCUT2D eigenvalue weighted by atomic mass is 79.9. The molecular formula is C15H12Br3O4-. The van der Waals surface area contributed by atoms with Crippen LogP contribution in [0.15, 0.2) is 25.6 Å². The third kappa shape index (κ3) is 2.99. The first-order valence-electron chi connectivity index (χ1n) is 6.94. The minimum Gasteiger partial charge on any atom is -0.550 e. The fourth-order valence-electron chi connectivity index (χ4n) is 3.66. The molecule has 4 atom stereocenters. The smallest absolute Gasteiger partial charge is 0.314 e. The Morgan fingerprint density at radius 3 is 2.05 bits per heavy atom. The number of benzene rings is 1. The summed E-state index contributed by atoms with van der Waals surface area (Å²) in [5, 5.41) is 11.0. The topological polar surface area (TPSA) is 66.4 Å². The van der Waals surface area contributed by atoms with E-state index < -0.39 is 11.9 Å². The van der Waals surface area contributed by atoms with Crippen molar-refractivity contribution in [3.8, 4) is 5.75 Å². The molecule has 4 nitrogen and oxygen atoms in total. The van der Waals surface area contributed by atoms with E-state index in [4.69, 9.17) is 4.74 Å². The van der Waals surface area contributed by atoms with Gasteiger partial charge in [0.05, 0.1) is 14.9 Å². The van der Waals surface area contributed by atoms with E-state index in [2.05, 4.69) is 47.8 Å². The number of aliphatic carboxylic acids is 1. The number of carbonyl (C=O) groups is 2. The van der Waals surface area contributed by atoms with Gasteiger partial charge in [-0.2, -0.15) is 0 Å². The number of ether oxygens (including phenoxy) is 1. The summed E-state index contributed by atoms with van der Waals surface area (Å²) in [4.78, 5) is 23.5. The minimum absolute atomic E-state index is 0.0457. The number of hydrogen-bond acceptors (Lipinski definition) is 4. The van der Waals surface area contributed by atoms with Crippen molar-refractivity contribution < 1.29 is 19.4 Å². The van der Waals surface area contributed by atoms with Crippen LogP contribution in [0.2, 0.25) is 0 Å². The second kappa shape index (κ2) is 6.24. The molecule has 0 aliphatic heterocycles. The van der Waals surface area contributed by atoms with Crippen molar-refractivity contribution in [1.82, 2.24) is 0 Å². The Kier molecular flexibility index (Phi) is 4.67. The summed E-state index contributed by atoms with van der Waals surface area (Å²) in [7, 11) is 0. The molecule has 1 aromatic rings. The number of esters is 1. The lowest BCUT2D eigenvalue weighted by atomic mass is 9.82. The van der Waals surface area contributed by atoms with Crippen LogP contribution < -0.4 is 9.84 Å². The molecule has 0 amide bonds. The number of carboxylic acids is 1. The van der Waals surface area contributed by atoms with Crippen LogP contribution in [0, 0.1) is 23.7 Å². The van der Waals surface area contributed by atoms with Gasteiger partial charge in [-0.15, -0.1) is 0 Å². The number of hydrogen-bond donors (Lipinski definition) is 0. The molecule has 2 fully saturated rings. The van der Waals surface area contributed by atoms with E-state index in [-0.39, 0.29) is 23.7 Å². The number of halogens is 3. The zero-order valence-corrected chi connectivity index (χ0v) is 16.1. The van der Waals surface area contributed by atoms with Crippen LogP contribution >= 0.6 is 47.8 Å². The monoisotopic (exact) mass is 493 g/mol. The fourth-order valence-corrected chi connectivity index (χ4v) is 6.08. The molecule has 3 rings (SSSR count). The van der Waals surface area contributed by atoms with Gasteiger partial charge < -0.3 is 14.6 Å². The summed E-state index contributed by atoms with van der Waals surface area (Å²) >= 11 is 10.1. The van der Waals surface area contributed by atoms with Crippen LogP contribution in [0.3, 0.4) is 0 Å². The van der Waals surface area contributed by atoms with Gasteiger partial charge in [-0.25, -0.2) is 0 Å². The average molecular weight is 496 g/mol. The maximum atomic E-state index is 12.4. The Morgan fingerprint density at radius 2 is 1.55 bits per heavy atom. The Balaban J connectivity index is 1.72. The quantitative estimate of drug-likeness (QED) is 0.477. The summed E-state index contributed by atoms with van der Waals surface area (Å²) in [6.07, 6.45) is 1.88. The first-order valence-corrected chi connectivity index (χ1v) is 9.31. The molecule has 2 bridgehead atoms. The van der Waals surface area contributed by atoms with Gasteiger partial charge >= 0.3 is 5.97 Å². The molecule has 7 heteroatoms. The molecule has 4 unspecified atom stereocenters. The Morgan fingerprint density at radius 1 is 1.00 bits per heavy atom. The normalized spacial score (nSPS) is 29.6. The van der Waals surface area contributed by atoms with Crippen LogP contribution in [0.4, 0.5) is 0 Å². The van der Waals surface area contributed by atoms with Crippen LogP contribution in [-0.2, 0) is 9.59 Å². The van der Waals surface area contributed by atoms with Gasteiger partial charge in [0.25, 0.3) is 0 Å². The number of carboxylic acid groups (broad SMARTS) is 1. The van der Waals surface area contributed by atoms with Crippen molar-refractivity contribution in [2.75, 3.05) is 0 Å². The van der Waals surface area contributed by atoms with E-state index in [1.54, 1.807) is 12.1 Å². The molecule has 2 saturated carbocycles. The van der Waals surface area contributed by atoms with Gasteiger partial charge in [-0.05, 0) is 75.1 Å². The summed E-state index contributed by atoms with van der Waals surface area (Å²) in [5.41, 5.74) is 0. The molecule has 0 radical (unpaired) electrons. The minimum atomic E-state index is -0.988. The molecule has 0 heterocycles.